The molecule has 118 valence electrons. The van der Waals surface area contributed by atoms with Gasteiger partial charge in [-0.3, -0.25) is 4.79 Å². The van der Waals surface area contributed by atoms with Crippen LogP contribution in [0.25, 0.3) is 22.6 Å². The molecule has 0 aliphatic rings. The molecular formula is C18H11ClN2O2S. The van der Waals surface area contributed by atoms with Crippen molar-refractivity contribution in [1.29, 1.82) is 0 Å². The third kappa shape index (κ3) is 2.91. The summed E-state index contributed by atoms with van der Waals surface area (Å²) in [5.41, 5.74) is 2.81. The van der Waals surface area contributed by atoms with E-state index in [2.05, 4.69) is 10.3 Å². The number of carbonyl (C=O) groups is 1. The Morgan fingerprint density at radius 1 is 1.12 bits per heavy atom. The van der Waals surface area contributed by atoms with Crippen LogP contribution in [0.2, 0.25) is 5.02 Å². The average molecular weight is 355 g/mol. The van der Waals surface area contributed by atoms with Crippen molar-refractivity contribution >= 4 is 45.6 Å². The molecule has 0 bridgehead atoms. The van der Waals surface area contributed by atoms with Gasteiger partial charge in [0.2, 0.25) is 5.89 Å². The van der Waals surface area contributed by atoms with Gasteiger partial charge >= 0.3 is 0 Å². The van der Waals surface area contributed by atoms with Crippen molar-refractivity contribution in [3.63, 3.8) is 0 Å². The van der Waals surface area contributed by atoms with E-state index in [9.17, 15) is 4.79 Å². The van der Waals surface area contributed by atoms with Crippen LogP contribution in [0.3, 0.4) is 0 Å². The lowest BCUT2D eigenvalue weighted by molar-refractivity contribution is 0.103. The van der Waals surface area contributed by atoms with Crippen LogP contribution in [0.4, 0.5) is 5.69 Å². The van der Waals surface area contributed by atoms with E-state index in [4.69, 9.17) is 16.0 Å². The van der Waals surface area contributed by atoms with Crippen LogP contribution in [-0.4, -0.2) is 10.9 Å². The molecule has 4 aromatic rings. The molecule has 0 aliphatic heterocycles. The highest BCUT2D eigenvalue weighted by atomic mass is 35.5. The number of amides is 1. The van der Waals surface area contributed by atoms with Crippen molar-refractivity contribution in [3.8, 4) is 11.5 Å². The minimum Gasteiger partial charge on any atom is -0.436 e. The highest BCUT2D eigenvalue weighted by Gasteiger charge is 2.11. The largest absolute Gasteiger partial charge is 0.436 e. The third-order valence-corrected chi connectivity index (χ3v) is 4.57. The fourth-order valence-electron chi connectivity index (χ4n) is 2.35. The molecule has 0 unspecified atom stereocenters. The van der Waals surface area contributed by atoms with Crippen LogP contribution < -0.4 is 5.32 Å². The van der Waals surface area contributed by atoms with E-state index >= 15 is 0 Å². The maximum absolute atomic E-state index is 12.1. The molecule has 0 spiro atoms. The van der Waals surface area contributed by atoms with Gasteiger partial charge in [0, 0.05) is 16.3 Å². The fraction of sp³-hybridized carbons (Fsp3) is 0. The standard InChI is InChI=1S/C18H11ClN2O2S/c19-12-4-1-3-11(9-12)18-21-14-10-13(6-7-15(14)23-18)20-17(22)16-5-2-8-24-16/h1-10H,(H,20,22). The van der Waals surface area contributed by atoms with Crippen LogP contribution in [-0.2, 0) is 0 Å². The van der Waals surface area contributed by atoms with Crippen molar-refractivity contribution in [1.82, 2.24) is 4.98 Å². The van der Waals surface area contributed by atoms with Gasteiger partial charge in [0.1, 0.15) is 5.52 Å². The monoisotopic (exact) mass is 354 g/mol. The van der Waals surface area contributed by atoms with Crippen molar-refractivity contribution in [3.05, 3.63) is 69.9 Å². The van der Waals surface area contributed by atoms with Gasteiger partial charge in [-0.05, 0) is 47.8 Å². The molecule has 24 heavy (non-hydrogen) atoms. The van der Waals surface area contributed by atoms with Crippen LogP contribution in [0.15, 0.2) is 64.4 Å². The highest BCUT2D eigenvalue weighted by molar-refractivity contribution is 7.12. The average Bonchev–Trinajstić information content (AvgIpc) is 3.24. The minimum absolute atomic E-state index is 0.136. The van der Waals surface area contributed by atoms with E-state index in [0.717, 1.165) is 5.56 Å². The summed E-state index contributed by atoms with van der Waals surface area (Å²) in [5, 5.41) is 5.36. The quantitative estimate of drug-likeness (QED) is 0.531. The van der Waals surface area contributed by atoms with Crippen molar-refractivity contribution in [2.75, 3.05) is 5.32 Å². The number of hydrogen-bond donors (Lipinski definition) is 1. The van der Waals surface area contributed by atoms with Crippen LogP contribution >= 0.6 is 22.9 Å². The lowest BCUT2D eigenvalue weighted by Gasteiger charge is -2.02. The molecule has 4 nitrogen and oxygen atoms in total. The Kier molecular flexibility index (Phi) is 3.80. The predicted octanol–water partition coefficient (Wildman–Crippen LogP) is 5.46. The zero-order chi connectivity index (χ0) is 16.5. The molecule has 4 rings (SSSR count). The van der Waals surface area contributed by atoms with Crippen molar-refractivity contribution in [2.45, 2.75) is 0 Å². The van der Waals surface area contributed by atoms with Crippen molar-refractivity contribution < 1.29 is 9.21 Å². The molecular weight excluding hydrogens is 344 g/mol. The number of aromatic nitrogens is 1. The number of anilines is 1. The molecule has 1 N–H and O–H groups in total. The zero-order valence-electron chi connectivity index (χ0n) is 12.3. The minimum atomic E-state index is -0.136. The lowest BCUT2D eigenvalue weighted by atomic mass is 10.2. The van der Waals surface area contributed by atoms with Gasteiger partial charge in [0.15, 0.2) is 5.58 Å². The fourth-order valence-corrected chi connectivity index (χ4v) is 3.16. The first-order chi connectivity index (χ1) is 11.7. The lowest BCUT2D eigenvalue weighted by Crippen LogP contribution is -2.09. The van der Waals surface area contributed by atoms with Crippen LogP contribution in [0.1, 0.15) is 9.67 Å². The van der Waals surface area contributed by atoms with E-state index in [0.29, 0.717) is 32.6 Å². The van der Waals surface area contributed by atoms with Crippen molar-refractivity contribution in [2.24, 2.45) is 0 Å². The first kappa shape index (κ1) is 14.9. The summed E-state index contributed by atoms with van der Waals surface area (Å²) in [6.45, 7) is 0. The Morgan fingerprint density at radius 2 is 2.04 bits per heavy atom. The number of nitrogens with one attached hydrogen (secondary N) is 1. The molecule has 1 amide bonds. The molecule has 0 aliphatic carbocycles. The Morgan fingerprint density at radius 3 is 2.83 bits per heavy atom. The van der Waals surface area contributed by atoms with E-state index in [1.54, 1.807) is 36.4 Å². The number of carbonyl (C=O) groups excluding carboxylic acids is 1. The van der Waals surface area contributed by atoms with Gasteiger partial charge < -0.3 is 9.73 Å². The summed E-state index contributed by atoms with van der Waals surface area (Å²) in [7, 11) is 0. The third-order valence-electron chi connectivity index (χ3n) is 3.46. The van der Waals surface area contributed by atoms with Gasteiger partial charge in [-0.25, -0.2) is 4.98 Å². The topological polar surface area (TPSA) is 55.1 Å². The first-order valence-electron chi connectivity index (χ1n) is 7.20. The van der Waals surface area contributed by atoms with Gasteiger partial charge in [-0.2, -0.15) is 0 Å². The molecule has 0 fully saturated rings. The summed E-state index contributed by atoms with van der Waals surface area (Å²) in [5.74, 6) is 0.358. The Hall–Kier alpha value is -2.63. The molecule has 2 aromatic carbocycles. The number of fused-ring (bicyclic) bond motifs is 1. The number of benzene rings is 2. The number of halogens is 1. The van der Waals surface area contributed by atoms with E-state index in [-0.39, 0.29) is 5.91 Å². The molecule has 0 radical (unpaired) electrons. The second-order valence-electron chi connectivity index (χ2n) is 5.14. The van der Waals surface area contributed by atoms with Gasteiger partial charge in [-0.15, -0.1) is 11.3 Å². The van der Waals surface area contributed by atoms with Gasteiger partial charge in [0.25, 0.3) is 5.91 Å². The Bertz CT molecular complexity index is 1020. The Labute approximate surface area is 146 Å². The van der Waals surface area contributed by atoms with Crippen LogP contribution in [0, 0.1) is 0 Å². The maximum atomic E-state index is 12.1. The predicted molar refractivity (Wildman–Crippen MR) is 96.7 cm³/mol. The van der Waals surface area contributed by atoms with Gasteiger partial charge in [0.05, 0.1) is 4.88 Å². The first-order valence-corrected chi connectivity index (χ1v) is 8.46. The SMILES string of the molecule is O=C(Nc1ccc2oc(-c3cccc(Cl)c3)nc2c1)c1cccs1. The van der Waals surface area contributed by atoms with E-state index < -0.39 is 0 Å². The maximum Gasteiger partial charge on any atom is 0.265 e. The molecule has 0 saturated heterocycles. The number of hydrogen-bond acceptors (Lipinski definition) is 4. The highest BCUT2D eigenvalue weighted by Crippen LogP contribution is 2.28. The molecule has 6 heteroatoms. The Balaban J connectivity index is 1.65. The van der Waals surface area contributed by atoms with E-state index in [1.165, 1.54) is 11.3 Å². The summed E-state index contributed by atoms with van der Waals surface area (Å²) >= 11 is 7.41. The second-order valence-corrected chi connectivity index (χ2v) is 6.53. The molecule has 0 atom stereocenters. The number of nitrogens with zero attached hydrogens (tertiary/aromatic N) is 1. The van der Waals surface area contributed by atoms with Gasteiger partial charge in [-0.1, -0.05) is 23.7 Å². The van der Waals surface area contributed by atoms with Crippen LogP contribution in [0.5, 0.6) is 0 Å². The summed E-state index contributed by atoms with van der Waals surface area (Å²) < 4.78 is 5.76. The normalized spacial score (nSPS) is 10.9. The number of rotatable bonds is 3. The molecule has 2 aromatic heterocycles. The summed E-state index contributed by atoms with van der Waals surface area (Å²) in [6, 6.07) is 16.3. The molecule has 0 saturated carbocycles. The second kappa shape index (κ2) is 6.11. The smallest absolute Gasteiger partial charge is 0.265 e. The zero-order valence-corrected chi connectivity index (χ0v) is 13.9. The summed E-state index contributed by atoms with van der Waals surface area (Å²) in [6.07, 6.45) is 0. The number of thiophene rings is 1. The molecule has 2 heterocycles. The summed E-state index contributed by atoms with van der Waals surface area (Å²) in [4.78, 5) is 17.3. The number of oxazole rings is 1. The van der Waals surface area contributed by atoms with E-state index in [1.807, 2.05) is 23.6 Å².